The Bertz CT molecular complexity index is 173. The lowest BCUT2D eigenvalue weighted by Crippen LogP contribution is -2.20. The minimum absolute atomic E-state index is 0.146. The second kappa shape index (κ2) is 5.47. The van der Waals surface area contributed by atoms with Crippen LogP contribution in [0.5, 0.6) is 0 Å². The summed E-state index contributed by atoms with van der Waals surface area (Å²) >= 11 is 0. The van der Waals surface area contributed by atoms with Gasteiger partial charge in [-0.1, -0.05) is 6.92 Å². The molecule has 13 heavy (non-hydrogen) atoms. The van der Waals surface area contributed by atoms with Crippen molar-refractivity contribution < 1.29 is 19.9 Å². The van der Waals surface area contributed by atoms with E-state index in [-0.39, 0.29) is 25.3 Å². The van der Waals surface area contributed by atoms with E-state index in [1.54, 1.807) is 6.92 Å². The van der Waals surface area contributed by atoms with Crippen LogP contribution >= 0.6 is 0 Å². The highest BCUT2D eigenvalue weighted by molar-refractivity contribution is 5.67. The third-order valence-corrected chi connectivity index (χ3v) is 1.55. The first-order valence-corrected chi connectivity index (χ1v) is 3.93. The van der Waals surface area contributed by atoms with Gasteiger partial charge in [-0.2, -0.15) is 0 Å². The summed E-state index contributed by atoms with van der Waals surface area (Å²) in [6.45, 7) is 1.37. The topological polar surface area (TPSA) is 101 Å². The summed E-state index contributed by atoms with van der Waals surface area (Å²) < 4.78 is 0. The molecule has 0 rings (SSSR count). The van der Waals surface area contributed by atoms with E-state index in [1.807, 2.05) is 0 Å². The van der Waals surface area contributed by atoms with Crippen LogP contribution in [-0.2, 0) is 4.79 Å². The number of carboxylic acids is 1. The number of hydrogen-bond donors (Lipinski definition) is 2. The Morgan fingerprint density at radius 3 is 2.54 bits per heavy atom. The molecule has 0 aliphatic carbocycles. The van der Waals surface area contributed by atoms with Crippen molar-refractivity contribution in [3.63, 3.8) is 0 Å². The van der Waals surface area contributed by atoms with Crippen LogP contribution in [-0.4, -0.2) is 33.8 Å². The average molecular weight is 191 g/mol. The van der Waals surface area contributed by atoms with Crippen LogP contribution in [0.4, 0.5) is 0 Å². The molecule has 0 aromatic carbocycles. The summed E-state index contributed by atoms with van der Waals surface area (Å²) in [5.41, 5.74) is 0. The number of hydrogen-bond acceptors (Lipinski definition) is 4. The molecule has 0 aliphatic rings. The Balaban J connectivity index is 3.70. The zero-order valence-electron chi connectivity index (χ0n) is 7.34. The van der Waals surface area contributed by atoms with Crippen molar-refractivity contribution >= 4 is 5.97 Å². The maximum Gasteiger partial charge on any atom is 0.305 e. The van der Waals surface area contributed by atoms with Gasteiger partial charge in [0.2, 0.25) is 6.54 Å². The molecule has 0 saturated heterocycles. The predicted octanol–water partition coefficient (Wildman–Crippen LogP) is 0.125. The fraction of sp³-hybridized carbons (Fsp3) is 0.857. The molecule has 0 amide bonds. The number of carbonyl (C=O) groups is 1. The molecule has 6 heteroatoms. The first-order chi connectivity index (χ1) is 5.91. The zero-order chi connectivity index (χ0) is 10.4. The van der Waals surface area contributed by atoms with Gasteiger partial charge in [-0.15, -0.1) is 0 Å². The van der Waals surface area contributed by atoms with Crippen LogP contribution < -0.4 is 0 Å². The van der Waals surface area contributed by atoms with E-state index in [4.69, 9.17) is 10.2 Å². The third kappa shape index (κ3) is 7.20. The number of nitro groups is 1. The molecule has 2 atom stereocenters. The van der Waals surface area contributed by atoms with Gasteiger partial charge < -0.3 is 10.2 Å². The molecule has 2 N–H and O–H groups in total. The Kier molecular flexibility index (Phi) is 4.98. The van der Waals surface area contributed by atoms with Gasteiger partial charge in [0.25, 0.3) is 0 Å². The van der Waals surface area contributed by atoms with Crippen molar-refractivity contribution in [1.29, 1.82) is 0 Å². The lowest BCUT2D eigenvalue weighted by molar-refractivity contribution is -0.487. The summed E-state index contributed by atoms with van der Waals surface area (Å²) in [4.78, 5) is 19.7. The van der Waals surface area contributed by atoms with E-state index in [1.165, 1.54) is 0 Å². The Labute approximate surface area is 75.3 Å². The standard InChI is InChI=1S/C7H13NO5/c1-5(4-8(12)13)2-6(9)3-7(10)11/h5-6,9H,2-4H2,1H3,(H,10,11). The summed E-state index contributed by atoms with van der Waals surface area (Å²) in [5, 5.41) is 27.4. The van der Waals surface area contributed by atoms with Crippen LogP contribution in [0.2, 0.25) is 0 Å². The van der Waals surface area contributed by atoms with Crippen molar-refractivity contribution in [2.45, 2.75) is 25.9 Å². The molecule has 2 unspecified atom stereocenters. The SMILES string of the molecule is CC(CC(O)CC(=O)O)C[N+](=O)[O-]. The number of carboxylic acid groups (broad SMARTS) is 1. The smallest absolute Gasteiger partial charge is 0.305 e. The van der Waals surface area contributed by atoms with E-state index in [0.717, 1.165) is 0 Å². The Morgan fingerprint density at radius 2 is 2.15 bits per heavy atom. The van der Waals surface area contributed by atoms with Crippen molar-refractivity contribution in [2.24, 2.45) is 5.92 Å². The van der Waals surface area contributed by atoms with E-state index >= 15 is 0 Å². The number of rotatable bonds is 6. The molecule has 0 aliphatic heterocycles. The first-order valence-electron chi connectivity index (χ1n) is 3.93. The van der Waals surface area contributed by atoms with E-state index in [0.29, 0.717) is 0 Å². The fourth-order valence-electron chi connectivity index (χ4n) is 1.08. The molecule has 76 valence electrons. The largest absolute Gasteiger partial charge is 0.481 e. The van der Waals surface area contributed by atoms with Gasteiger partial charge in [-0.25, -0.2) is 0 Å². The quantitative estimate of drug-likeness (QED) is 0.459. The Hall–Kier alpha value is -1.17. The first kappa shape index (κ1) is 11.8. The van der Waals surface area contributed by atoms with Gasteiger partial charge in [-0.3, -0.25) is 14.9 Å². The van der Waals surface area contributed by atoms with Crippen LogP contribution in [0.25, 0.3) is 0 Å². The van der Waals surface area contributed by atoms with E-state index in [2.05, 4.69) is 0 Å². The molecular weight excluding hydrogens is 178 g/mol. The third-order valence-electron chi connectivity index (χ3n) is 1.55. The van der Waals surface area contributed by atoms with Crippen LogP contribution in [0.1, 0.15) is 19.8 Å². The molecule has 0 bridgehead atoms. The minimum atomic E-state index is -1.10. The maximum absolute atomic E-state index is 10.1. The molecular formula is C7H13NO5. The number of aliphatic carboxylic acids is 1. The molecule has 0 spiro atoms. The van der Waals surface area contributed by atoms with Gasteiger partial charge in [0.05, 0.1) is 12.5 Å². The molecule has 0 aromatic rings. The van der Waals surface area contributed by atoms with E-state index < -0.39 is 17.0 Å². The number of aliphatic hydroxyl groups excluding tert-OH is 1. The lowest BCUT2D eigenvalue weighted by Gasteiger charge is -2.10. The second-order valence-corrected chi connectivity index (χ2v) is 3.11. The molecule has 0 saturated carbocycles. The average Bonchev–Trinajstić information content (AvgIpc) is 1.80. The van der Waals surface area contributed by atoms with Gasteiger partial charge in [0.15, 0.2) is 0 Å². The van der Waals surface area contributed by atoms with Gasteiger partial charge >= 0.3 is 5.97 Å². The molecule has 0 fully saturated rings. The molecule has 0 radical (unpaired) electrons. The van der Waals surface area contributed by atoms with Gasteiger partial charge in [0.1, 0.15) is 0 Å². The highest BCUT2D eigenvalue weighted by atomic mass is 16.6. The maximum atomic E-state index is 10.1. The lowest BCUT2D eigenvalue weighted by atomic mass is 10.0. The number of nitrogens with zero attached hydrogens (tertiary/aromatic N) is 1. The fourth-order valence-corrected chi connectivity index (χ4v) is 1.08. The highest BCUT2D eigenvalue weighted by Gasteiger charge is 2.16. The van der Waals surface area contributed by atoms with Crippen LogP contribution in [0.15, 0.2) is 0 Å². The minimum Gasteiger partial charge on any atom is -0.481 e. The Morgan fingerprint density at radius 1 is 1.62 bits per heavy atom. The molecule has 0 aromatic heterocycles. The van der Waals surface area contributed by atoms with Crippen LogP contribution in [0, 0.1) is 16.0 Å². The monoisotopic (exact) mass is 191 g/mol. The predicted molar refractivity (Wildman–Crippen MR) is 43.9 cm³/mol. The van der Waals surface area contributed by atoms with Gasteiger partial charge in [-0.05, 0) is 6.42 Å². The highest BCUT2D eigenvalue weighted by Crippen LogP contribution is 2.08. The molecule has 6 nitrogen and oxygen atoms in total. The number of aliphatic hydroxyl groups is 1. The van der Waals surface area contributed by atoms with Crippen molar-refractivity contribution in [2.75, 3.05) is 6.54 Å². The van der Waals surface area contributed by atoms with Crippen molar-refractivity contribution in [3.8, 4) is 0 Å². The van der Waals surface area contributed by atoms with E-state index in [9.17, 15) is 14.9 Å². The molecule has 0 heterocycles. The second-order valence-electron chi connectivity index (χ2n) is 3.11. The summed E-state index contributed by atoms with van der Waals surface area (Å²) in [6, 6.07) is 0. The zero-order valence-corrected chi connectivity index (χ0v) is 7.34. The van der Waals surface area contributed by atoms with Crippen molar-refractivity contribution in [1.82, 2.24) is 0 Å². The van der Waals surface area contributed by atoms with Gasteiger partial charge in [0, 0.05) is 10.8 Å². The van der Waals surface area contributed by atoms with Crippen LogP contribution in [0.3, 0.4) is 0 Å². The summed E-state index contributed by atoms with van der Waals surface area (Å²) in [5.74, 6) is -1.40. The van der Waals surface area contributed by atoms with Crippen molar-refractivity contribution in [3.05, 3.63) is 10.1 Å². The summed E-state index contributed by atoms with van der Waals surface area (Å²) in [6.07, 6.45) is -1.21. The summed E-state index contributed by atoms with van der Waals surface area (Å²) in [7, 11) is 0. The normalized spacial score (nSPS) is 14.9.